The van der Waals surface area contributed by atoms with Gasteiger partial charge in [0, 0.05) is 28.8 Å². The first-order valence-corrected chi connectivity index (χ1v) is 8.13. The number of nitro benzene ring substituents is 1. The van der Waals surface area contributed by atoms with Gasteiger partial charge in [0.05, 0.1) is 23.8 Å². The number of rotatable bonds is 3. The zero-order chi connectivity index (χ0) is 17.1. The Bertz CT molecular complexity index is 875. The topological polar surface area (TPSA) is 120 Å². The fraction of sp³-hybridized carbons (Fsp3) is 0. The van der Waals surface area contributed by atoms with E-state index in [0.29, 0.717) is 23.8 Å². The Hall–Kier alpha value is -1.94. The number of nitriles is 1. The van der Waals surface area contributed by atoms with Gasteiger partial charge in [-0.25, -0.2) is 0 Å². The molecular formula is C14H7I2N3O4. The van der Waals surface area contributed by atoms with Crippen LogP contribution in [0.25, 0.3) is 11.1 Å². The van der Waals surface area contributed by atoms with Crippen molar-refractivity contribution in [3.63, 3.8) is 0 Å². The number of hydrogen-bond donors (Lipinski definition) is 2. The van der Waals surface area contributed by atoms with Crippen molar-refractivity contribution >= 4 is 57.1 Å². The van der Waals surface area contributed by atoms with Crippen LogP contribution in [-0.2, 0) is 0 Å². The molecule has 0 aliphatic rings. The lowest BCUT2D eigenvalue weighted by Gasteiger charge is -2.13. The largest absolute Gasteiger partial charge is 0.506 e. The van der Waals surface area contributed by atoms with Crippen LogP contribution in [-0.4, -0.2) is 21.5 Å². The summed E-state index contributed by atoms with van der Waals surface area (Å²) in [5, 5.41) is 42.1. The quantitative estimate of drug-likeness (QED) is 0.204. The highest BCUT2D eigenvalue weighted by Gasteiger charge is 2.20. The van der Waals surface area contributed by atoms with Crippen molar-refractivity contribution in [2.45, 2.75) is 0 Å². The summed E-state index contributed by atoms with van der Waals surface area (Å²) in [6.07, 6.45) is 1.18. The zero-order valence-electron chi connectivity index (χ0n) is 11.2. The minimum absolute atomic E-state index is 0.0264. The van der Waals surface area contributed by atoms with E-state index in [9.17, 15) is 20.5 Å². The molecule has 2 aromatic rings. The van der Waals surface area contributed by atoms with Crippen LogP contribution in [0.3, 0.4) is 0 Å². The highest BCUT2D eigenvalue weighted by atomic mass is 127. The Kier molecular flexibility index (Phi) is 5.37. The lowest BCUT2D eigenvalue weighted by atomic mass is 9.95. The van der Waals surface area contributed by atoms with Gasteiger partial charge in [-0.3, -0.25) is 10.1 Å². The number of oxime groups is 1. The van der Waals surface area contributed by atoms with E-state index < -0.39 is 4.92 Å². The molecule has 0 amide bonds. The monoisotopic (exact) mass is 535 g/mol. The van der Waals surface area contributed by atoms with Crippen molar-refractivity contribution < 1.29 is 15.2 Å². The summed E-state index contributed by atoms with van der Waals surface area (Å²) in [5.41, 5.74) is 1.24. The van der Waals surface area contributed by atoms with Crippen molar-refractivity contribution in [1.29, 1.82) is 5.26 Å². The second-order valence-corrected chi connectivity index (χ2v) is 6.57. The molecule has 9 heteroatoms. The van der Waals surface area contributed by atoms with Crippen LogP contribution in [0.5, 0.6) is 5.75 Å². The standard InChI is InChI=1S/C14H7I2N3O4/c15-11-4-8(6-18-21)12(13(16)14(11)20)10-2-1-9(19(22)23)3-7(10)5-17/h1-4,6,20-21H. The van der Waals surface area contributed by atoms with Gasteiger partial charge in [-0.05, 0) is 57.3 Å². The summed E-state index contributed by atoms with van der Waals surface area (Å²) in [5.74, 6) is 0.0264. The summed E-state index contributed by atoms with van der Waals surface area (Å²) in [7, 11) is 0. The minimum Gasteiger partial charge on any atom is -0.506 e. The minimum atomic E-state index is -0.586. The summed E-state index contributed by atoms with van der Waals surface area (Å²) >= 11 is 3.84. The van der Waals surface area contributed by atoms with Crippen LogP contribution in [0.2, 0.25) is 0 Å². The summed E-state index contributed by atoms with van der Waals surface area (Å²) in [6.45, 7) is 0. The van der Waals surface area contributed by atoms with Crippen molar-refractivity contribution in [2.75, 3.05) is 0 Å². The molecule has 0 unspecified atom stereocenters. The van der Waals surface area contributed by atoms with Gasteiger partial charge in [0.2, 0.25) is 0 Å². The van der Waals surface area contributed by atoms with Gasteiger partial charge in [0.1, 0.15) is 11.8 Å². The van der Waals surface area contributed by atoms with E-state index in [1.165, 1.54) is 24.4 Å². The number of phenolic OH excluding ortho intramolecular Hbond substituents is 1. The van der Waals surface area contributed by atoms with Crippen LogP contribution in [0.4, 0.5) is 5.69 Å². The van der Waals surface area contributed by atoms with Crippen LogP contribution in [0, 0.1) is 28.6 Å². The molecule has 2 aromatic carbocycles. The van der Waals surface area contributed by atoms with E-state index in [1.54, 1.807) is 6.07 Å². The summed E-state index contributed by atoms with van der Waals surface area (Å²) in [4.78, 5) is 10.3. The molecule has 0 aliphatic heterocycles. The summed E-state index contributed by atoms with van der Waals surface area (Å²) < 4.78 is 1.00. The molecule has 116 valence electrons. The molecule has 0 atom stereocenters. The highest BCUT2D eigenvalue weighted by Crippen LogP contribution is 2.39. The molecule has 0 saturated carbocycles. The molecule has 0 fully saturated rings. The maximum absolute atomic E-state index is 10.9. The average Bonchev–Trinajstić information content (AvgIpc) is 2.53. The van der Waals surface area contributed by atoms with Crippen LogP contribution in [0.15, 0.2) is 29.4 Å². The number of aromatic hydroxyl groups is 1. The molecule has 0 aromatic heterocycles. The predicted octanol–water partition coefficient (Wildman–Crippen LogP) is 3.86. The zero-order valence-corrected chi connectivity index (χ0v) is 15.5. The normalized spacial score (nSPS) is 10.7. The maximum Gasteiger partial charge on any atom is 0.270 e. The molecule has 0 aliphatic carbocycles. The molecule has 7 nitrogen and oxygen atoms in total. The molecule has 2 rings (SSSR count). The molecule has 0 radical (unpaired) electrons. The van der Waals surface area contributed by atoms with Crippen LogP contribution in [0.1, 0.15) is 11.1 Å². The third kappa shape index (κ3) is 3.37. The molecule has 0 bridgehead atoms. The molecule has 0 saturated heterocycles. The molecule has 0 heterocycles. The molecular weight excluding hydrogens is 528 g/mol. The summed E-state index contributed by atoms with van der Waals surface area (Å²) in [6, 6.07) is 7.40. The molecule has 2 N–H and O–H groups in total. The third-order valence-corrected chi connectivity index (χ3v) is 4.90. The van der Waals surface area contributed by atoms with Gasteiger partial charge >= 0.3 is 0 Å². The van der Waals surface area contributed by atoms with Gasteiger partial charge in [-0.15, -0.1) is 0 Å². The van der Waals surface area contributed by atoms with Gasteiger partial charge in [-0.2, -0.15) is 5.26 Å². The lowest BCUT2D eigenvalue weighted by Crippen LogP contribution is -1.98. The number of hydrogen-bond acceptors (Lipinski definition) is 6. The van der Waals surface area contributed by atoms with Crippen molar-refractivity contribution in [3.8, 4) is 22.9 Å². The number of nitrogens with zero attached hydrogens (tertiary/aromatic N) is 3. The van der Waals surface area contributed by atoms with Gasteiger partial charge in [0.25, 0.3) is 5.69 Å². The second-order valence-electron chi connectivity index (χ2n) is 4.33. The van der Waals surface area contributed by atoms with E-state index in [-0.39, 0.29) is 17.0 Å². The van der Waals surface area contributed by atoms with Gasteiger partial charge in [-0.1, -0.05) is 5.16 Å². The number of benzene rings is 2. The van der Waals surface area contributed by atoms with Crippen molar-refractivity contribution in [2.24, 2.45) is 5.16 Å². The third-order valence-electron chi connectivity index (χ3n) is 3.03. The van der Waals surface area contributed by atoms with E-state index in [2.05, 4.69) is 5.16 Å². The first-order valence-electron chi connectivity index (χ1n) is 5.98. The number of non-ortho nitro benzene ring substituents is 1. The Balaban J connectivity index is 2.84. The van der Waals surface area contributed by atoms with E-state index in [1.807, 2.05) is 51.3 Å². The van der Waals surface area contributed by atoms with Gasteiger partial charge < -0.3 is 10.3 Å². The Morgan fingerprint density at radius 3 is 2.61 bits per heavy atom. The van der Waals surface area contributed by atoms with Crippen molar-refractivity contribution in [1.82, 2.24) is 0 Å². The first-order chi connectivity index (χ1) is 10.9. The average molecular weight is 535 g/mol. The van der Waals surface area contributed by atoms with E-state index >= 15 is 0 Å². The fourth-order valence-electron chi connectivity index (χ4n) is 2.02. The maximum atomic E-state index is 10.9. The lowest BCUT2D eigenvalue weighted by molar-refractivity contribution is -0.384. The smallest absolute Gasteiger partial charge is 0.270 e. The predicted molar refractivity (Wildman–Crippen MR) is 99.7 cm³/mol. The number of nitro groups is 1. The van der Waals surface area contributed by atoms with Crippen LogP contribution >= 0.6 is 45.2 Å². The van der Waals surface area contributed by atoms with E-state index in [4.69, 9.17) is 5.21 Å². The molecule has 23 heavy (non-hydrogen) atoms. The Morgan fingerprint density at radius 1 is 1.35 bits per heavy atom. The Labute approximate surface area is 157 Å². The SMILES string of the molecule is N#Cc1cc([N+](=O)[O-])ccc1-c1c(C=NO)cc(I)c(O)c1I. The Morgan fingerprint density at radius 2 is 2.04 bits per heavy atom. The fourth-order valence-corrected chi connectivity index (χ4v) is 4.03. The van der Waals surface area contributed by atoms with Crippen molar-refractivity contribution in [3.05, 3.63) is 52.6 Å². The number of phenols is 1. The molecule has 0 spiro atoms. The van der Waals surface area contributed by atoms with Gasteiger partial charge in [0.15, 0.2) is 0 Å². The second kappa shape index (κ2) is 7.09. The van der Waals surface area contributed by atoms with E-state index in [0.717, 1.165) is 0 Å². The highest BCUT2D eigenvalue weighted by molar-refractivity contribution is 14.1. The first kappa shape index (κ1) is 17.4. The van der Waals surface area contributed by atoms with Crippen LogP contribution < -0.4 is 0 Å². The number of halogens is 2.